The van der Waals surface area contributed by atoms with Crippen molar-refractivity contribution in [2.45, 2.75) is 17.1 Å². The summed E-state index contributed by atoms with van der Waals surface area (Å²) in [5, 5.41) is 2.21. The summed E-state index contributed by atoms with van der Waals surface area (Å²) in [7, 11) is -1.34. The van der Waals surface area contributed by atoms with Crippen molar-refractivity contribution in [3.63, 3.8) is 0 Å². The summed E-state index contributed by atoms with van der Waals surface area (Å²) in [5.74, 6) is 0. The van der Waals surface area contributed by atoms with Gasteiger partial charge in [-0.1, -0.05) is 22.9 Å². The van der Waals surface area contributed by atoms with Crippen LogP contribution < -0.4 is 5.32 Å². The highest BCUT2D eigenvalue weighted by Crippen LogP contribution is 2.08. The number of halogens is 1. The smallest absolute Gasteiger partial charge is 0.164 e. The molecule has 0 aliphatic carbocycles. The fourth-order valence-corrected chi connectivity index (χ4v) is 3.33. The summed E-state index contributed by atoms with van der Waals surface area (Å²) >= 11 is 3.20. The van der Waals surface area contributed by atoms with Crippen molar-refractivity contribution in [2.24, 2.45) is 0 Å². The first-order valence-corrected chi connectivity index (χ1v) is 5.77. The molecular weight excluding hydrogens is 218 g/mol. The molecule has 1 N–H and O–H groups in total. The standard InChI is InChI=1S/C5H12BrNO2S/c1-4(6)5(7-2)10(3,8)9/h4-5,7H,1-3H3/t4?,5-/m0/s1. The average Bonchev–Trinajstić information content (AvgIpc) is 1.60. The first kappa shape index (κ1) is 10.4. The molecule has 5 heteroatoms. The van der Waals surface area contributed by atoms with Crippen molar-refractivity contribution in [1.82, 2.24) is 5.32 Å². The van der Waals surface area contributed by atoms with E-state index in [4.69, 9.17) is 0 Å². The molecule has 0 radical (unpaired) electrons. The highest BCUT2D eigenvalue weighted by Gasteiger charge is 2.22. The van der Waals surface area contributed by atoms with Crippen LogP contribution in [-0.2, 0) is 9.84 Å². The van der Waals surface area contributed by atoms with Crippen LogP contribution in [0.2, 0.25) is 0 Å². The van der Waals surface area contributed by atoms with Crippen molar-refractivity contribution in [3.05, 3.63) is 0 Å². The Balaban J connectivity index is 4.38. The lowest BCUT2D eigenvalue weighted by molar-refractivity contribution is 0.569. The highest BCUT2D eigenvalue weighted by atomic mass is 79.9. The lowest BCUT2D eigenvalue weighted by Crippen LogP contribution is -2.39. The SMILES string of the molecule is CN[C@H](C(C)Br)S(C)(=O)=O. The maximum atomic E-state index is 10.9. The Labute approximate surface area is 70.2 Å². The molecule has 0 saturated heterocycles. The van der Waals surface area contributed by atoms with E-state index in [1.807, 2.05) is 0 Å². The van der Waals surface area contributed by atoms with E-state index in [-0.39, 0.29) is 4.83 Å². The molecule has 2 atom stereocenters. The Hall–Kier alpha value is 0.390. The van der Waals surface area contributed by atoms with Crippen LogP contribution in [-0.4, -0.2) is 31.9 Å². The zero-order valence-corrected chi connectivity index (χ0v) is 8.66. The average molecular weight is 230 g/mol. The second kappa shape index (κ2) is 3.69. The first-order chi connectivity index (χ1) is 4.39. The van der Waals surface area contributed by atoms with Crippen LogP contribution in [0.15, 0.2) is 0 Å². The third kappa shape index (κ3) is 2.98. The molecule has 0 amide bonds. The Morgan fingerprint density at radius 3 is 1.90 bits per heavy atom. The quantitative estimate of drug-likeness (QED) is 0.712. The molecule has 0 saturated carbocycles. The van der Waals surface area contributed by atoms with E-state index in [1.54, 1.807) is 14.0 Å². The molecule has 0 heterocycles. The molecule has 1 unspecified atom stereocenters. The van der Waals surface area contributed by atoms with Gasteiger partial charge in [0.1, 0.15) is 5.37 Å². The summed E-state index contributed by atoms with van der Waals surface area (Å²) in [5.41, 5.74) is 0. The van der Waals surface area contributed by atoms with Crippen LogP contribution in [0.4, 0.5) is 0 Å². The van der Waals surface area contributed by atoms with Crippen LogP contribution >= 0.6 is 15.9 Å². The van der Waals surface area contributed by atoms with Crippen molar-refractivity contribution < 1.29 is 8.42 Å². The minimum atomic E-state index is -2.97. The molecule has 0 aliphatic rings. The topological polar surface area (TPSA) is 46.2 Å². The third-order valence-corrected chi connectivity index (χ3v) is 3.61. The van der Waals surface area contributed by atoms with Gasteiger partial charge in [0.15, 0.2) is 9.84 Å². The molecule has 0 spiro atoms. The van der Waals surface area contributed by atoms with E-state index < -0.39 is 15.2 Å². The van der Waals surface area contributed by atoms with Gasteiger partial charge in [-0.2, -0.15) is 0 Å². The second-order valence-corrected chi connectivity index (χ2v) is 5.83. The highest BCUT2D eigenvalue weighted by molar-refractivity contribution is 9.09. The van der Waals surface area contributed by atoms with Gasteiger partial charge in [-0.15, -0.1) is 0 Å². The summed E-state index contributed by atoms with van der Waals surface area (Å²) in [6, 6.07) is 0. The normalized spacial score (nSPS) is 18.4. The van der Waals surface area contributed by atoms with E-state index in [2.05, 4.69) is 21.2 Å². The zero-order chi connectivity index (χ0) is 8.36. The lowest BCUT2D eigenvalue weighted by Gasteiger charge is -2.15. The van der Waals surface area contributed by atoms with Gasteiger partial charge >= 0.3 is 0 Å². The van der Waals surface area contributed by atoms with Gasteiger partial charge in [0, 0.05) is 11.1 Å². The van der Waals surface area contributed by atoms with Crippen molar-refractivity contribution in [3.8, 4) is 0 Å². The third-order valence-electron chi connectivity index (χ3n) is 1.16. The van der Waals surface area contributed by atoms with Gasteiger partial charge in [0.05, 0.1) is 0 Å². The van der Waals surface area contributed by atoms with Gasteiger partial charge in [-0.25, -0.2) is 8.42 Å². The molecular formula is C5H12BrNO2S. The largest absolute Gasteiger partial charge is 0.303 e. The van der Waals surface area contributed by atoms with Crippen LogP contribution in [0.5, 0.6) is 0 Å². The van der Waals surface area contributed by atoms with E-state index in [0.29, 0.717) is 0 Å². The number of sulfone groups is 1. The number of hydrogen-bond acceptors (Lipinski definition) is 3. The van der Waals surface area contributed by atoms with Crippen molar-refractivity contribution in [1.29, 1.82) is 0 Å². The number of hydrogen-bond donors (Lipinski definition) is 1. The first-order valence-electron chi connectivity index (χ1n) is 2.89. The fourth-order valence-electron chi connectivity index (χ4n) is 0.784. The molecule has 0 aromatic rings. The zero-order valence-electron chi connectivity index (χ0n) is 6.26. The summed E-state index contributed by atoms with van der Waals surface area (Å²) in [4.78, 5) is -0.0625. The monoisotopic (exact) mass is 229 g/mol. The predicted molar refractivity (Wildman–Crippen MR) is 46.1 cm³/mol. The Kier molecular flexibility index (Phi) is 3.83. The maximum Gasteiger partial charge on any atom is 0.164 e. The Morgan fingerprint density at radius 2 is 1.90 bits per heavy atom. The minimum Gasteiger partial charge on any atom is -0.303 e. The van der Waals surface area contributed by atoms with Crippen LogP contribution in [0.25, 0.3) is 0 Å². The van der Waals surface area contributed by atoms with Crippen LogP contribution in [0.3, 0.4) is 0 Å². The fraction of sp³-hybridized carbons (Fsp3) is 1.00. The summed E-state index contributed by atoms with van der Waals surface area (Å²) in [6.07, 6.45) is 1.21. The van der Waals surface area contributed by atoms with Gasteiger partial charge in [-0.05, 0) is 7.05 Å². The molecule has 3 nitrogen and oxygen atoms in total. The summed E-state index contributed by atoms with van der Waals surface area (Å²) in [6.45, 7) is 1.79. The molecule has 0 aromatic heterocycles. The number of nitrogens with one attached hydrogen (secondary N) is 1. The summed E-state index contributed by atoms with van der Waals surface area (Å²) < 4.78 is 21.8. The molecule has 0 aromatic carbocycles. The van der Waals surface area contributed by atoms with Crippen LogP contribution in [0.1, 0.15) is 6.92 Å². The van der Waals surface area contributed by atoms with Gasteiger partial charge in [-0.3, -0.25) is 0 Å². The Morgan fingerprint density at radius 1 is 1.50 bits per heavy atom. The second-order valence-electron chi connectivity index (χ2n) is 2.22. The molecule has 0 rings (SSSR count). The van der Waals surface area contributed by atoms with Gasteiger partial charge in [0.25, 0.3) is 0 Å². The maximum absolute atomic E-state index is 10.9. The van der Waals surface area contributed by atoms with Gasteiger partial charge < -0.3 is 5.32 Å². The lowest BCUT2D eigenvalue weighted by atomic mass is 10.5. The predicted octanol–water partition coefficient (Wildman–Crippen LogP) is 0.360. The van der Waals surface area contributed by atoms with Crippen molar-refractivity contribution >= 4 is 25.8 Å². The van der Waals surface area contributed by atoms with E-state index in [0.717, 1.165) is 0 Å². The minimum absolute atomic E-state index is 0.0625. The molecule has 0 aliphatic heterocycles. The number of alkyl halides is 1. The van der Waals surface area contributed by atoms with E-state index in [9.17, 15) is 8.42 Å². The molecule has 10 heavy (non-hydrogen) atoms. The van der Waals surface area contributed by atoms with Gasteiger partial charge in [0.2, 0.25) is 0 Å². The van der Waals surface area contributed by atoms with Crippen LogP contribution in [0, 0.1) is 0 Å². The molecule has 0 fully saturated rings. The van der Waals surface area contributed by atoms with E-state index >= 15 is 0 Å². The molecule has 62 valence electrons. The molecule has 0 bridgehead atoms. The van der Waals surface area contributed by atoms with Crippen molar-refractivity contribution in [2.75, 3.05) is 13.3 Å². The van der Waals surface area contributed by atoms with E-state index in [1.165, 1.54) is 6.26 Å². The Bertz CT molecular complexity index is 188. The number of rotatable bonds is 3.